The quantitative estimate of drug-likeness (QED) is 0.0779. The first-order valence-electron chi connectivity index (χ1n) is 12.3. The van der Waals surface area contributed by atoms with Crippen molar-refractivity contribution in [1.29, 1.82) is 0 Å². The average Bonchev–Trinajstić information content (AvgIpc) is 3.69. The Morgan fingerprint density at radius 2 is 1.16 bits per heavy atom. The van der Waals surface area contributed by atoms with Crippen LogP contribution in [-0.2, 0) is 23.1 Å². The fraction of sp³-hybridized carbons (Fsp3) is 0.500. The molecule has 9 atom stereocenters. The molecule has 0 radical (unpaired) electrons. The molecule has 0 saturated carbocycles. The van der Waals surface area contributed by atoms with Crippen molar-refractivity contribution in [3.63, 3.8) is 0 Å². The number of nitrogen functional groups attached to an aromatic ring is 2. The summed E-state index contributed by atoms with van der Waals surface area (Å²) < 4.78 is 63.1. The van der Waals surface area contributed by atoms with Crippen molar-refractivity contribution >= 4 is 41.8 Å². The van der Waals surface area contributed by atoms with Crippen LogP contribution in [0.5, 0.6) is 0 Å². The van der Waals surface area contributed by atoms with Crippen molar-refractivity contribution in [3.05, 3.63) is 24.8 Å². The van der Waals surface area contributed by atoms with E-state index in [1.54, 1.807) is 0 Å². The molecule has 4 aromatic rings. The van der Waals surface area contributed by atoms with E-state index in [2.05, 4.69) is 29.9 Å². The molecular weight excluding hydrogens is 609 g/mol. The van der Waals surface area contributed by atoms with Gasteiger partial charge in [-0.25, -0.2) is 14.5 Å². The molecule has 0 spiro atoms. The summed E-state index contributed by atoms with van der Waals surface area (Å²) >= 11 is 0. The van der Waals surface area contributed by atoms with E-state index in [-0.39, 0.29) is 34.0 Å². The summed E-state index contributed by atoms with van der Waals surface area (Å²) in [5.74, 6) is -0.539. The molecule has 232 valence electrons. The first-order valence-corrected chi connectivity index (χ1v) is 13.8. The first kappa shape index (κ1) is 29.5. The van der Waals surface area contributed by atoms with Crippen molar-refractivity contribution in [2.45, 2.75) is 49.1 Å². The zero-order valence-corrected chi connectivity index (χ0v) is 22.3. The molecule has 43 heavy (non-hydrogen) atoms. The molecule has 3 unspecified atom stereocenters. The van der Waals surface area contributed by atoms with Crippen molar-refractivity contribution < 1.29 is 57.2 Å². The van der Waals surface area contributed by atoms with Crippen LogP contribution in [0.4, 0.5) is 20.4 Å². The van der Waals surface area contributed by atoms with Crippen LogP contribution in [0.3, 0.4) is 0 Å². The number of anilines is 2. The van der Waals surface area contributed by atoms with Gasteiger partial charge in [-0.15, -0.1) is 0 Å². The maximum atomic E-state index is 13.7. The summed E-state index contributed by atoms with van der Waals surface area (Å²) in [5, 5.41) is 41.9. The van der Waals surface area contributed by atoms with Crippen LogP contribution < -0.4 is 11.5 Å². The van der Waals surface area contributed by atoms with E-state index >= 15 is 0 Å². The second kappa shape index (κ2) is 10.9. The van der Waals surface area contributed by atoms with Crippen LogP contribution in [0.2, 0.25) is 0 Å². The molecule has 0 aliphatic carbocycles. The lowest BCUT2D eigenvalue weighted by atomic mass is 10.1. The lowest BCUT2D eigenvalue weighted by Crippen LogP contribution is -2.34. The van der Waals surface area contributed by atoms with Gasteiger partial charge < -0.3 is 46.3 Å². The van der Waals surface area contributed by atoms with Crippen molar-refractivity contribution in [2.24, 2.45) is 0 Å². The third kappa shape index (κ3) is 5.26. The van der Waals surface area contributed by atoms with Crippen LogP contribution in [0, 0.1) is 12.2 Å². The number of phosphoric ester groups is 1. The van der Waals surface area contributed by atoms with Gasteiger partial charge in [0.15, 0.2) is 46.4 Å². The number of phosphoric acid groups is 1. The predicted octanol–water partition coefficient (Wildman–Crippen LogP) is -2.52. The van der Waals surface area contributed by atoms with Gasteiger partial charge in [-0.1, -0.05) is 0 Å². The standard InChI is InChI=1S/C20H23F2N10O10P/c21-19-27-13(23)7-15(29-19)31(3-25-7)17-11(35)9(33)5(41-17)1-39-43(37,38)40-2-6-10(34)12(36)18(42-6)32-4-26-8-14(24)28-20(22)30-16(8)32/h3-6,9-12,17-18,33-36H,1-2H2,(H,37,38)(H2,23,27,29)(H2,24,28,30)/t5-,6-,9+,10?,11?,12-,17-,18-/m1/s1. The van der Waals surface area contributed by atoms with Crippen LogP contribution >= 0.6 is 7.82 Å². The number of hydrogen-bond donors (Lipinski definition) is 7. The highest BCUT2D eigenvalue weighted by Crippen LogP contribution is 2.46. The van der Waals surface area contributed by atoms with Gasteiger partial charge in [0.1, 0.15) is 36.6 Å². The highest BCUT2D eigenvalue weighted by Gasteiger charge is 2.47. The second-order valence-corrected chi connectivity index (χ2v) is 11.0. The Labute approximate surface area is 237 Å². The molecule has 20 nitrogen and oxygen atoms in total. The number of nitrogens with zero attached hydrogens (tertiary/aromatic N) is 8. The number of hydrogen-bond acceptors (Lipinski definition) is 17. The van der Waals surface area contributed by atoms with Crippen LogP contribution in [-0.4, -0.2) is 114 Å². The van der Waals surface area contributed by atoms with Gasteiger partial charge in [-0.3, -0.25) is 18.2 Å². The molecule has 2 aliphatic rings. The Kier molecular flexibility index (Phi) is 7.45. The lowest BCUT2D eigenvalue weighted by molar-refractivity contribution is -0.0609. The number of fused-ring (bicyclic) bond motifs is 2. The lowest BCUT2D eigenvalue weighted by Gasteiger charge is -2.20. The van der Waals surface area contributed by atoms with Gasteiger partial charge in [-0.05, 0) is 0 Å². The SMILES string of the molecule is Nc1nc(F)nc2c1ncn2[C@@H]1O[C@H](COP(=O)(O)OC[C@H]2O[C@@H](n3cnc4c(N)nc(F)nc43)[C@H](O)C2O)[C@H](O)C1O. The molecule has 2 saturated heterocycles. The van der Waals surface area contributed by atoms with E-state index in [1.165, 1.54) is 0 Å². The van der Waals surface area contributed by atoms with Gasteiger partial charge in [0, 0.05) is 0 Å². The molecule has 0 aromatic carbocycles. The Balaban J connectivity index is 1.08. The fourth-order valence-corrected chi connectivity index (χ4v) is 5.51. The Hall–Kier alpha value is -3.57. The van der Waals surface area contributed by atoms with E-state index in [1.807, 2.05) is 0 Å². The van der Waals surface area contributed by atoms with E-state index in [9.17, 15) is 38.7 Å². The summed E-state index contributed by atoms with van der Waals surface area (Å²) in [4.78, 5) is 31.9. The van der Waals surface area contributed by atoms with E-state index in [0.29, 0.717) is 0 Å². The largest absolute Gasteiger partial charge is 0.472 e. The molecule has 6 heterocycles. The Bertz CT molecular complexity index is 1610. The number of halogens is 2. The number of nitrogens with two attached hydrogens (primary N) is 2. The summed E-state index contributed by atoms with van der Waals surface area (Å²) in [6, 6.07) is 0. The summed E-state index contributed by atoms with van der Waals surface area (Å²) in [7, 11) is -4.91. The van der Waals surface area contributed by atoms with Crippen LogP contribution in [0.1, 0.15) is 12.5 Å². The minimum atomic E-state index is -4.91. The topological polar surface area (TPSA) is 294 Å². The first-order chi connectivity index (χ1) is 20.3. The highest BCUT2D eigenvalue weighted by molar-refractivity contribution is 7.47. The number of aromatic nitrogens is 8. The number of aliphatic hydroxyl groups is 4. The van der Waals surface area contributed by atoms with Crippen molar-refractivity contribution in [2.75, 3.05) is 24.7 Å². The fourth-order valence-electron chi connectivity index (χ4n) is 4.76. The third-order valence-electron chi connectivity index (χ3n) is 6.87. The molecule has 0 bridgehead atoms. The molecule has 2 fully saturated rings. The maximum absolute atomic E-state index is 13.7. The van der Waals surface area contributed by atoms with Gasteiger partial charge in [0.25, 0.3) is 0 Å². The van der Waals surface area contributed by atoms with E-state index in [4.69, 9.17) is 30.0 Å². The number of aliphatic hydroxyl groups excluding tert-OH is 4. The number of rotatable bonds is 8. The number of imidazole rings is 2. The molecule has 6 rings (SSSR count). The number of ether oxygens (including phenoxy) is 2. The van der Waals surface area contributed by atoms with Crippen LogP contribution in [0.15, 0.2) is 12.7 Å². The zero-order chi connectivity index (χ0) is 30.8. The average molecular weight is 632 g/mol. The second-order valence-electron chi connectivity index (χ2n) is 9.56. The Morgan fingerprint density at radius 3 is 1.56 bits per heavy atom. The van der Waals surface area contributed by atoms with Crippen LogP contribution in [0.25, 0.3) is 22.3 Å². The summed E-state index contributed by atoms with van der Waals surface area (Å²) in [6.45, 7) is -1.54. The van der Waals surface area contributed by atoms with E-state index < -0.39 is 82.3 Å². The zero-order valence-electron chi connectivity index (χ0n) is 21.4. The normalized spacial score (nSPS) is 30.9. The molecule has 9 N–H and O–H groups in total. The Morgan fingerprint density at radius 1 is 0.767 bits per heavy atom. The smallest absolute Gasteiger partial charge is 0.387 e. The molecule has 2 aliphatic heterocycles. The monoisotopic (exact) mass is 632 g/mol. The molecule has 4 aromatic heterocycles. The van der Waals surface area contributed by atoms with Crippen molar-refractivity contribution in [1.82, 2.24) is 39.0 Å². The summed E-state index contributed by atoms with van der Waals surface area (Å²) in [5.41, 5.74) is 11.0. The predicted molar refractivity (Wildman–Crippen MR) is 133 cm³/mol. The molecule has 0 amide bonds. The van der Waals surface area contributed by atoms with Gasteiger partial charge in [0.05, 0.1) is 25.9 Å². The molecule has 23 heteroatoms. The third-order valence-corrected chi connectivity index (χ3v) is 7.82. The van der Waals surface area contributed by atoms with Gasteiger partial charge in [0.2, 0.25) is 0 Å². The van der Waals surface area contributed by atoms with Gasteiger partial charge >= 0.3 is 20.0 Å². The minimum Gasteiger partial charge on any atom is -0.387 e. The highest BCUT2D eigenvalue weighted by atomic mass is 31.2. The van der Waals surface area contributed by atoms with Crippen molar-refractivity contribution in [3.8, 4) is 0 Å². The van der Waals surface area contributed by atoms with Gasteiger partial charge in [-0.2, -0.15) is 28.7 Å². The minimum absolute atomic E-state index is 0.00844. The van der Waals surface area contributed by atoms with E-state index in [0.717, 1.165) is 21.8 Å². The molecular formula is C20H23F2N10O10P. The maximum Gasteiger partial charge on any atom is 0.472 e. The summed E-state index contributed by atoms with van der Waals surface area (Å²) in [6.07, 6.45) is -12.1.